The molecule has 2 rings (SSSR count). The number of rotatable bonds is 2. The monoisotopic (exact) mass is 190 g/mol. The summed E-state index contributed by atoms with van der Waals surface area (Å²) in [5.41, 5.74) is 3.43. The minimum absolute atomic E-state index is 0.727. The zero-order valence-electron chi connectivity index (χ0n) is 9.55. The number of allylic oxidation sites excluding steroid dienone is 4. The summed E-state index contributed by atoms with van der Waals surface area (Å²) in [5.74, 6) is 1.65. The third-order valence-corrected chi connectivity index (χ3v) is 3.73. The first kappa shape index (κ1) is 10.0. The lowest BCUT2D eigenvalue weighted by molar-refractivity contribution is 0.396. The molecule has 0 aromatic heterocycles. The van der Waals surface area contributed by atoms with Gasteiger partial charge >= 0.3 is 0 Å². The van der Waals surface area contributed by atoms with E-state index in [-0.39, 0.29) is 0 Å². The quantitative estimate of drug-likeness (QED) is 0.602. The molecule has 0 radical (unpaired) electrons. The van der Waals surface area contributed by atoms with Crippen LogP contribution < -0.4 is 0 Å². The van der Waals surface area contributed by atoms with Crippen molar-refractivity contribution in [2.45, 2.75) is 52.4 Å². The van der Waals surface area contributed by atoms with Gasteiger partial charge in [-0.3, -0.25) is 0 Å². The molecule has 0 aliphatic heterocycles. The molecule has 0 heteroatoms. The van der Waals surface area contributed by atoms with Crippen molar-refractivity contribution < 1.29 is 0 Å². The summed E-state index contributed by atoms with van der Waals surface area (Å²) in [7, 11) is 0. The normalized spacial score (nSPS) is 23.9. The van der Waals surface area contributed by atoms with Gasteiger partial charge in [-0.15, -0.1) is 0 Å². The van der Waals surface area contributed by atoms with Crippen LogP contribution in [0.15, 0.2) is 23.3 Å². The van der Waals surface area contributed by atoms with E-state index in [1.807, 2.05) is 0 Å². The Hall–Kier alpha value is -0.520. The Labute approximate surface area is 88.1 Å². The molecule has 0 N–H and O–H groups in total. The molecule has 0 heterocycles. The van der Waals surface area contributed by atoms with Crippen molar-refractivity contribution in [3.05, 3.63) is 23.3 Å². The molecule has 0 spiro atoms. The highest BCUT2D eigenvalue weighted by atomic mass is 14.3. The first-order valence-corrected chi connectivity index (χ1v) is 6.18. The third-order valence-electron chi connectivity index (χ3n) is 3.73. The summed E-state index contributed by atoms with van der Waals surface area (Å²) in [6.07, 6.45) is 13.3. The van der Waals surface area contributed by atoms with Gasteiger partial charge < -0.3 is 0 Å². The molecule has 2 aliphatic rings. The predicted octanol–water partition coefficient (Wildman–Crippen LogP) is 4.48. The van der Waals surface area contributed by atoms with E-state index in [1.165, 1.54) is 38.5 Å². The largest absolute Gasteiger partial charge is 0.0802 e. The minimum Gasteiger partial charge on any atom is -0.0802 e. The summed E-state index contributed by atoms with van der Waals surface area (Å²) in [6, 6.07) is 0. The highest BCUT2D eigenvalue weighted by molar-refractivity contribution is 5.36. The lowest BCUT2D eigenvalue weighted by atomic mass is 9.80. The van der Waals surface area contributed by atoms with Crippen molar-refractivity contribution in [1.29, 1.82) is 0 Å². The SMILES string of the molecule is CC(C)C1=C(C2CCCCC2)CC=C1. The van der Waals surface area contributed by atoms with E-state index in [2.05, 4.69) is 26.0 Å². The minimum atomic E-state index is 0.727. The van der Waals surface area contributed by atoms with Crippen LogP contribution >= 0.6 is 0 Å². The molecule has 0 saturated heterocycles. The lowest BCUT2D eigenvalue weighted by Crippen LogP contribution is -2.10. The van der Waals surface area contributed by atoms with Crippen molar-refractivity contribution in [1.82, 2.24) is 0 Å². The van der Waals surface area contributed by atoms with Gasteiger partial charge in [-0.1, -0.05) is 50.8 Å². The molecular weight excluding hydrogens is 168 g/mol. The van der Waals surface area contributed by atoms with Crippen LogP contribution in [0.5, 0.6) is 0 Å². The van der Waals surface area contributed by atoms with Gasteiger partial charge in [0.15, 0.2) is 0 Å². The summed E-state index contributed by atoms with van der Waals surface area (Å²) >= 11 is 0. The first-order chi connectivity index (χ1) is 6.79. The van der Waals surface area contributed by atoms with Crippen LogP contribution in [0, 0.1) is 11.8 Å². The summed E-state index contributed by atoms with van der Waals surface area (Å²) in [6.45, 7) is 4.65. The van der Waals surface area contributed by atoms with Gasteiger partial charge in [0.2, 0.25) is 0 Å². The predicted molar refractivity (Wildman–Crippen MR) is 62.2 cm³/mol. The standard InChI is InChI=1S/C14H22/c1-11(2)13-9-6-10-14(13)12-7-4-3-5-8-12/h6,9,11-12H,3-5,7-8,10H2,1-2H3. The maximum absolute atomic E-state index is 2.37. The smallest absolute Gasteiger partial charge is 0.0127 e. The first-order valence-electron chi connectivity index (χ1n) is 6.18. The maximum Gasteiger partial charge on any atom is -0.0127 e. The second-order valence-electron chi connectivity index (χ2n) is 5.08. The van der Waals surface area contributed by atoms with E-state index in [0.717, 1.165) is 11.8 Å². The molecule has 1 saturated carbocycles. The van der Waals surface area contributed by atoms with Crippen molar-refractivity contribution >= 4 is 0 Å². The van der Waals surface area contributed by atoms with Gasteiger partial charge in [0.05, 0.1) is 0 Å². The van der Waals surface area contributed by atoms with Gasteiger partial charge in [-0.05, 0) is 36.7 Å². The van der Waals surface area contributed by atoms with Crippen LogP contribution in [-0.4, -0.2) is 0 Å². The molecule has 0 amide bonds. The third kappa shape index (κ3) is 1.94. The fraction of sp³-hybridized carbons (Fsp3) is 0.714. The Balaban J connectivity index is 2.12. The van der Waals surface area contributed by atoms with Crippen molar-refractivity contribution in [3.8, 4) is 0 Å². The lowest BCUT2D eigenvalue weighted by Gasteiger charge is -2.25. The number of hydrogen-bond acceptors (Lipinski definition) is 0. The molecule has 78 valence electrons. The maximum atomic E-state index is 2.37. The van der Waals surface area contributed by atoms with E-state index < -0.39 is 0 Å². The van der Waals surface area contributed by atoms with E-state index in [9.17, 15) is 0 Å². The van der Waals surface area contributed by atoms with Crippen LogP contribution in [0.2, 0.25) is 0 Å². The molecule has 0 aromatic rings. The van der Waals surface area contributed by atoms with Crippen LogP contribution in [-0.2, 0) is 0 Å². The van der Waals surface area contributed by atoms with Crippen molar-refractivity contribution in [3.63, 3.8) is 0 Å². The van der Waals surface area contributed by atoms with Gasteiger partial charge in [0.1, 0.15) is 0 Å². The van der Waals surface area contributed by atoms with Crippen LogP contribution in [0.25, 0.3) is 0 Å². The Bertz CT molecular complexity index is 249. The Morgan fingerprint density at radius 3 is 2.50 bits per heavy atom. The highest BCUT2D eigenvalue weighted by Gasteiger charge is 2.22. The van der Waals surface area contributed by atoms with E-state index >= 15 is 0 Å². The van der Waals surface area contributed by atoms with E-state index in [4.69, 9.17) is 0 Å². The van der Waals surface area contributed by atoms with Gasteiger partial charge in [-0.2, -0.15) is 0 Å². The van der Waals surface area contributed by atoms with Gasteiger partial charge in [-0.25, -0.2) is 0 Å². The molecule has 0 bridgehead atoms. The highest BCUT2D eigenvalue weighted by Crippen LogP contribution is 2.38. The second-order valence-corrected chi connectivity index (χ2v) is 5.08. The Kier molecular flexibility index (Phi) is 3.10. The molecule has 0 unspecified atom stereocenters. The van der Waals surface area contributed by atoms with E-state index in [0.29, 0.717) is 0 Å². The molecule has 2 aliphatic carbocycles. The van der Waals surface area contributed by atoms with Gasteiger partial charge in [0.25, 0.3) is 0 Å². The summed E-state index contributed by atoms with van der Waals surface area (Å²) in [5, 5.41) is 0. The fourth-order valence-electron chi connectivity index (χ4n) is 2.95. The molecule has 0 nitrogen and oxygen atoms in total. The fourth-order valence-corrected chi connectivity index (χ4v) is 2.95. The molecule has 14 heavy (non-hydrogen) atoms. The summed E-state index contributed by atoms with van der Waals surface area (Å²) in [4.78, 5) is 0. The van der Waals surface area contributed by atoms with E-state index in [1.54, 1.807) is 11.1 Å². The average molecular weight is 190 g/mol. The van der Waals surface area contributed by atoms with Crippen LogP contribution in [0.4, 0.5) is 0 Å². The molecule has 1 fully saturated rings. The molecule has 0 aromatic carbocycles. The zero-order valence-corrected chi connectivity index (χ0v) is 9.55. The Morgan fingerprint density at radius 1 is 1.14 bits per heavy atom. The van der Waals surface area contributed by atoms with Crippen LogP contribution in [0.3, 0.4) is 0 Å². The zero-order chi connectivity index (χ0) is 9.97. The summed E-state index contributed by atoms with van der Waals surface area (Å²) < 4.78 is 0. The molecule has 0 atom stereocenters. The second kappa shape index (κ2) is 4.33. The van der Waals surface area contributed by atoms with Gasteiger partial charge in [0, 0.05) is 0 Å². The average Bonchev–Trinajstić information content (AvgIpc) is 2.67. The van der Waals surface area contributed by atoms with Crippen molar-refractivity contribution in [2.75, 3.05) is 0 Å². The molecular formula is C14H22. The Morgan fingerprint density at radius 2 is 1.86 bits per heavy atom. The number of hydrogen-bond donors (Lipinski definition) is 0. The van der Waals surface area contributed by atoms with Crippen molar-refractivity contribution in [2.24, 2.45) is 11.8 Å². The van der Waals surface area contributed by atoms with Crippen LogP contribution in [0.1, 0.15) is 52.4 Å². The topological polar surface area (TPSA) is 0 Å².